The number of halogens is 4. The fourth-order valence-electron chi connectivity index (χ4n) is 2.18. The maximum atomic E-state index is 13.1. The van der Waals surface area contributed by atoms with Crippen LogP contribution in [0.15, 0.2) is 59.1 Å². The van der Waals surface area contributed by atoms with Gasteiger partial charge in [-0.1, -0.05) is 40.2 Å². The van der Waals surface area contributed by atoms with Crippen LogP contribution in [0, 0.1) is 0 Å². The van der Waals surface area contributed by atoms with Crippen molar-refractivity contribution >= 4 is 33.2 Å². The Morgan fingerprint density at radius 3 is 2.40 bits per heavy atom. The largest absolute Gasteiger partial charge is 0.466 e. The van der Waals surface area contributed by atoms with Crippen LogP contribution >= 0.6 is 15.9 Å². The van der Waals surface area contributed by atoms with Gasteiger partial charge in [0.05, 0.1) is 12.7 Å². The molecule has 0 fully saturated rings. The number of ether oxygens (including phenoxy) is 1. The van der Waals surface area contributed by atoms with Crippen LogP contribution in [0.5, 0.6) is 0 Å². The molecule has 2 aromatic carbocycles. The summed E-state index contributed by atoms with van der Waals surface area (Å²) < 4.78 is 44.7. The Kier molecular flexibility index (Phi) is 6.25. The first-order valence-corrected chi connectivity index (χ1v) is 8.05. The molecule has 0 spiro atoms. The van der Waals surface area contributed by atoms with Crippen molar-refractivity contribution in [3.63, 3.8) is 0 Å². The van der Waals surface area contributed by atoms with Crippen molar-refractivity contribution in [1.29, 1.82) is 0 Å². The van der Waals surface area contributed by atoms with Gasteiger partial charge in [0.2, 0.25) is 0 Å². The fraction of sp³-hybridized carbons (Fsp3) is 0.167. The number of anilines is 1. The predicted molar refractivity (Wildman–Crippen MR) is 94.1 cm³/mol. The lowest BCUT2D eigenvalue weighted by Crippen LogP contribution is -2.13. The summed E-state index contributed by atoms with van der Waals surface area (Å²) in [6.45, 7) is 0.0316. The number of alkyl halides is 3. The summed E-state index contributed by atoms with van der Waals surface area (Å²) in [4.78, 5) is 11.6. The molecule has 0 bridgehead atoms. The number of carbonyl (C=O) groups excluding carboxylic acids is 1. The van der Waals surface area contributed by atoms with Gasteiger partial charge in [0, 0.05) is 22.8 Å². The first-order valence-electron chi connectivity index (χ1n) is 7.26. The highest BCUT2D eigenvalue weighted by Crippen LogP contribution is 2.34. The molecule has 0 saturated carbocycles. The number of methoxy groups -OCH3 is 1. The van der Waals surface area contributed by atoms with Gasteiger partial charge in [0.1, 0.15) is 0 Å². The van der Waals surface area contributed by atoms with Gasteiger partial charge in [-0.25, -0.2) is 4.79 Å². The van der Waals surface area contributed by atoms with E-state index in [9.17, 15) is 18.0 Å². The number of benzene rings is 2. The number of carbonyl (C=O) groups is 1. The van der Waals surface area contributed by atoms with Crippen LogP contribution in [0.4, 0.5) is 18.9 Å². The summed E-state index contributed by atoms with van der Waals surface area (Å²) in [6.07, 6.45) is -3.21. The summed E-state index contributed by atoms with van der Waals surface area (Å²) in [6, 6.07) is 12.3. The molecule has 2 aromatic rings. The van der Waals surface area contributed by atoms with Crippen LogP contribution in [0.2, 0.25) is 0 Å². The highest BCUT2D eigenvalue weighted by Gasteiger charge is 2.33. The summed E-state index contributed by atoms with van der Waals surface area (Å²) in [5.41, 5.74) is 0.396. The molecule has 25 heavy (non-hydrogen) atoms. The van der Waals surface area contributed by atoms with Crippen molar-refractivity contribution in [2.24, 2.45) is 0 Å². The van der Waals surface area contributed by atoms with E-state index >= 15 is 0 Å². The first kappa shape index (κ1) is 19.1. The molecule has 0 saturated heterocycles. The zero-order chi connectivity index (χ0) is 18.4. The highest BCUT2D eigenvalue weighted by atomic mass is 79.9. The molecule has 0 aliphatic rings. The van der Waals surface area contributed by atoms with Gasteiger partial charge < -0.3 is 10.1 Å². The Balaban J connectivity index is 2.29. The second-order valence-electron chi connectivity index (χ2n) is 5.10. The van der Waals surface area contributed by atoms with Crippen molar-refractivity contribution in [1.82, 2.24) is 0 Å². The topological polar surface area (TPSA) is 38.3 Å². The monoisotopic (exact) mass is 413 g/mol. The summed E-state index contributed by atoms with van der Waals surface area (Å²) in [7, 11) is 1.24. The van der Waals surface area contributed by atoms with E-state index in [2.05, 4.69) is 26.0 Å². The highest BCUT2D eigenvalue weighted by molar-refractivity contribution is 9.10. The minimum absolute atomic E-state index is 0.0316. The van der Waals surface area contributed by atoms with E-state index in [-0.39, 0.29) is 12.2 Å². The molecular weight excluding hydrogens is 399 g/mol. The van der Waals surface area contributed by atoms with Crippen LogP contribution in [0.3, 0.4) is 0 Å². The third-order valence-electron chi connectivity index (χ3n) is 3.41. The van der Waals surface area contributed by atoms with Crippen LogP contribution in [-0.4, -0.2) is 19.6 Å². The molecule has 0 unspecified atom stereocenters. The van der Waals surface area contributed by atoms with Gasteiger partial charge in [-0.3, -0.25) is 0 Å². The number of hydrogen-bond donors (Lipinski definition) is 1. The normalized spacial score (nSPS) is 12.0. The summed E-state index contributed by atoms with van der Waals surface area (Å²) >= 11 is 3.31. The summed E-state index contributed by atoms with van der Waals surface area (Å²) in [5, 5.41) is 2.75. The standard InChI is InChI=1S/C18H15BrF3NO2/c1-25-17(24)10-13(12-6-8-14(19)9-7-12)11-23-16-5-3-2-4-15(16)18(20,21)22/h2-10,23H,11H2,1H3/b13-10+. The van der Waals surface area contributed by atoms with Crippen molar-refractivity contribution in [2.45, 2.75) is 6.18 Å². The molecule has 3 nitrogen and oxygen atoms in total. The van der Waals surface area contributed by atoms with E-state index in [1.165, 1.54) is 31.4 Å². The van der Waals surface area contributed by atoms with Gasteiger partial charge in [-0.05, 0) is 35.4 Å². The third-order valence-corrected chi connectivity index (χ3v) is 3.94. The molecule has 7 heteroatoms. The predicted octanol–water partition coefficient (Wildman–Crippen LogP) is 5.14. The van der Waals surface area contributed by atoms with Gasteiger partial charge in [0.15, 0.2) is 0 Å². The average Bonchev–Trinajstić information content (AvgIpc) is 2.58. The second kappa shape index (κ2) is 8.20. The van der Waals surface area contributed by atoms with E-state index in [4.69, 9.17) is 0 Å². The van der Waals surface area contributed by atoms with Crippen molar-refractivity contribution in [3.8, 4) is 0 Å². The van der Waals surface area contributed by atoms with Crippen LogP contribution < -0.4 is 5.32 Å². The van der Waals surface area contributed by atoms with E-state index in [0.717, 1.165) is 10.5 Å². The lowest BCUT2D eigenvalue weighted by atomic mass is 10.0. The Hall–Kier alpha value is -2.28. The first-order chi connectivity index (χ1) is 11.8. The van der Waals surface area contributed by atoms with Crippen LogP contribution in [0.25, 0.3) is 5.57 Å². The molecule has 0 radical (unpaired) electrons. The molecule has 0 aromatic heterocycles. The van der Waals surface area contributed by atoms with Crippen molar-refractivity contribution in [3.05, 3.63) is 70.2 Å². The third kappa shape index (κ3) is 5.35. The fourth-order valence-corrected chi connectivity index (χ4v) is 2.44. The van der Waals surface area contributed by atoms with Crippen LogP contribution in [-0.2, 0) is 15.7 Å². The maximum absolute atomic E-state index is 13.1. The Morgan fingerprint density at radius 1 is 1.16 bits per heavy atom. The van der Waals surface area contributed by atoms with Gasteiger partial charge in [-0.15, -0.1) is 0 Å². The molecule has 0 aliphatic carbocycles. The van der Waals surface area contributed by atoms with E-state index in [0.29, 0.717) is 11.1 Å². The molecule has 0 aliphatic heterocycles. The Morgan fingerprint density at radius 2 is 1.80 bits per heavy atom. The lowest BCUT2D eigenvalue weighted by molar-refractivity contribution is -0.137. The molecule has 1 N–H and O–H groups in total. The zero-order valence-electron chi connectivity index (χ0n) is 13.2. The minimum atomic E-state index is -4.46. The molecule has 2 rings (SSSR count). The average molecular weight is 414 g/mol. The lowest BCUT2D eigenvalue weighted by Gasteiger charge is -2.16. The van der Waals surface area contributed by atoms with Gasteiger partial charge >= 0.3 is 12.1 Å². The van der Waals surface area contributed by atoms with Gasteiger partial charge in [0.25, 0.3) is 0 Å². The summed E-state index contributed by atoms with van der Waals surface area (Å²) in [5.74, 6) is -0.580. The second-order valence-corrected chi connectivity index (χ2v) is 6.01. The quantitative estimate of drug-likeness (QED) is 0.544. The molecule has 0 amide bonds. The smallest absolute Gasteiger partial charge is 0.418 e. The molecule has 0 heterocycles. The van der Waals surface area contributed by atoms with Gasteiger partial charge in [-0.2, -0.15) is 13.2 Å². The number of esters is 1. The zero-order valence-corrected chi connectivity index (χ0v) is 14.8. The van der Waals surface area contributed by atoms with Crippen molar-refractivity contribution in [2.75, 3.05) is 19.0 Å². The number of hydrogen-bond acceptors (Lipinski definition) is 3. The minimum Gasteiger partial charge on any atom is -0.466 e. The molecule has 132 valence electrons. The van der Waals surface area contributed by atoms with Crippen molar-refractivity contribution < 1.29 is 22.7 Å². The number of rotatable bonds is 5. The van der Waals surface area contributed by atoms with E-state index < -0.39 is 17.7 Å². The maximum Gasteiger partial charge on any atom is 0.418 e. The molecule has 0 atom stereocenters. The molecular formula is C18H15BrF3NO2. The Labute approximate surface area is 151 Å². The Bertz CT molecular complexity index is 771. The number of para-hydroxylation sites is 1. The SMILES string of the molecule is COC(=O)/C=C(\CNc1ccccc1C(F)(F)F)c1ccc(Br)cc1. The number of nitrogens with one attached hydrogen (secondary N) is 1. The van der Waals surface area contributed by atoms with E-state index in [1.807, 2.05) is 0 Å². The van der Waals surface area contributed by atoms with E-state index in [1.54, 1.807) is 24.3 Å². The van der Waals surface area contributed by atoms with Crippen LogP contribution in [0.1, 0.15) is 11.1 Å².